The second-order valence-electron chi connectivity index (χ2n) is 3.24. The highest BCUT2D eigenvalue weighted by molar-refractivity contribution is 5.42. The number of benzene rings is 1. The van der Waals surface area contributed by atoms with Crippen LogP contribution in [0.25, 0.3) is 0 Å². The molecule has 0 atom stereocenters. The first-order valence-electron chi connectivity index (χ1n) is 5.00. The van der Waals surface area contributed by atoms with Crippen LogP contribution < -0.4 is 9.47 Å². The highest BCUT2D eigenvalue weighted by atomic mass is 16.5. The van der Waals surface area contributed by atoms with Gasteiger partial charge in [0.1, 0.15) is 17.5 Å². The molecule has 0 aliphatic rings. The van der Waals surface area contributed by atoms with Crippen molar-refractivity contribution in [2.24, 2.45) is 0 Å². The Morgan fingerprint density at radius 3 is 2.47 bits per heavy atom. The van der Waals surface area contributed by atoms with E-state index in [1.54, 1.807) is 25.3 Å². The molecule has 0 spiro atoms. The molecule has 0 aliphatic heterocycles. The van der Waals surface area contributed by atoms with Gasteiger partial charge in [0, 0.05) is 0 Å². The van der Waals surface area contributed by atoms with Gasteiger partial charge in [0.05, 0.1) is 13.3 Å². The summed E-state index contributed by atoms with van der Waals surface area (Å²) in [7, 11) is 1.58. The molecule has 0 amide bonds. The van der Waals surface area contributed by atoms with Crippen LogP contribution in [0.4, 0.5) is 0 Å². The Balaban J connectivity index is 2.22. The summed E-state index contributed by atoms with van der Waals surface area (Å²) < 4.78 is 10.8. The molecule has 17 heavy (non-hydrogen) atoms. The molecular formula is C13H10N2O2. The zero-order valence-electron chi connectivity index (χ0n) is 9.25. The van der Waals surface area contributed by atoms with Crippen molar-refractivity contribution in [1.82, 2.24) is 4.98 Å². The number of aromatic nitrogens is 1. The molecule has 2 rings (SSSR count). The van der Waals surface area contributed by atoms with E-state index in [-0.39, 0.29) is 0 Å². The van der Waals surface area contributed by atoms with E-state index in [4.69, 9.17) is 14.7 Å². The minimum Gasteiger partial charge on any atom is -0.493 e. The summed E-state index contributed by atoms with van der Waals surface area (Å²) in [5, 5.41) is 8.63. The van der Waals surface area contributed by atoms with Crippen LogP contribution in [0.15, 0.2) is 42.6 Å². The molecular weight excluding hydrogens is 216 g/mol. The average molecular weight is 226 g/mol. The molecule has 84 valence electrons. The lowest BCUT2D eigenvalue weighted by molar-refractivity contribution is 0.378. The van der Waals surface area contributed by atoms with E-state index >= 15 is 0 Å². The lowest BCUT2D eigenvalue weighted by Crippen LogP contribution is -1.90. The van der Waals surface area contributed by atoms with Gasteiger partial charge in [-0.1, -0.05) is 12.1 Å². The number of rotatable bonds is 3. The number of pyridine rings is 1. The summed E-state index contributed by atoms with van der Waals surface area (Å²) >= 11 is 0. The van der Waals surface area contributed by atoms with Crippen molar-refractivity contribution in [3.63, 3.8) is 0 Å². The Kier molecular flexibility index (Phi) is 3.22. The topological polar surface area (TPSA) is 55.1 Å². The molecule has 0 unspecified atom stereocenters. The van der Waals surface area contributed by atoms with Crippen LogP contribution in [0.3, 0.4) is 0 Å². The fraction of sp³-hybridized carbons (Fsp3) is 0.0769. The molecule has 1 heterocycles. The van der Waals surface area contributed by atoms with Crippen molar-refractivity contribution in [2.45, 2.75) is 0 Å². The molecule has 4 heteroatoms. The third-order valence-electron chi connectivity index (χ3n) is 2.15. The zero-order valence-corrected chi connectivity index (χ0v) is 9.25. The zero-order chi connectivity index (χ0) is 12.1. The van der Waals surface area contributed by atoms with Gasteiger partial charge in [-0.25, -0.2) is 4.98 Å². The van der Waals surface area contributed by atoms with Crippen LogP contribution >= 0.6 is 0 Å². The maximum Gasteiger partial charge on any atom is 0.169 e. The first-order chi connectivity index (χ1) is 8.33. The summed E-state index contributed by atoms with van der Waals surface area (Å²) in [4.78, 5) is 3.92. The Morgan fingerprint density at radius 1 is 1.12 bits per heavy atom. The van der Waals surface area contributed by atoms with Crippen molar-refractivity contribution < 1.29 is 9.47 Å². The predicted molar refractivity (Wildman–Crippen MR) is 62.0 cm³/mol. The summed E-state index contributed by atoms with van der Waals surface area (Å²) in [6, 6.07) is 12.6. The van der Waals surface area contributed by atoms with E-state index in [0.29, 0.717) is 22.9 Å². The smallest absolute Gasteiger partial charge is 0.169 e. The quantitative estimate of drug-likeness (QED) is 0.807. The van der Waals surface area contributed by atoms with Crippen LogP contribution in [-0.2, 0) is 0 Å². The maximum absolute atomic E-state index is 8.63. The summed E-state index contributed by atoms with van der Waals surface area (Å²) in [5.41, 5.74) is 0.359. The molecule has 0 saturated heterocycles. The van der Waals surface area contributed by atoms with Crippen LogP contribution in [-0.4, -0.2) is 12.1 Å². The standard InChI is InChI=1S/C13H10N2O2/c1-16-12-4-2-3-5-13(12)17-11-7-6-10(8-14)15-9-11/h2-7,9H,1H3. The van der Waals surface area contributed by atoms with E-state index in [9.17, 15) is 0 Å². The third kappa shape index (κ3) is 2.52. The van der Waals surface area contributed by atoms with Gasteiger partial charge in [0.2, 0.25) is 0 Å². The number of nitrogens with zero attached hydrogens (tertiary/aromatic N) is 2. The molecule has 0 aliphatic carbocycles. The van der Waals surface area contributed by atoms with Gasteiger partial charge in [0.25, 0.3) is 0 Å². The molecule has 4 nitrogen and oxygen atoms in total. The van der Waals surface area contributed by atoms with E-state index in [1.807, 2.05) is 24.3 Å². The fourth-order valence-electron chi connectivity index (χ4n) is 1.34. The number of methoxy groups -OCH3 is 1. The number of ether oxygens (including phenoxy) is 2. The van der Waals surface area contributed by atoms with Crippen LogP contribution in [0.5, 0.6) is 17.2 Å². The van der Waals surface area contributed by atoms with E-state index in [0.717, 1.165) is 0 Å². The van der Waals surface area contributed by atoms with Gasteiger partial charge in [-0.15, -0.1) is 0 Å². The van der Waals surface area contributed by atoms with E-state index < -0.39 is 0 Å². The Labute approximate surface area is 99.1 Å². The third-order valence-corrected chi connectivity index (χ3v) is 2.15. The van der Waals surface area contributed by atoms with Crippen molar-refractivity contribution in [3.8, 4) is 23.3 Å². The SMILES string of the molecule is COc1ccccc1Oc1ccc(C#N)nc1. The van der Waals surface area contributed by atoms with E-state index in [1.165, 1.54) is 6.20 Å². The fourth-order valence-corrected chi connectivity index (χ4v) is 1.34. The van der Waals surface area contributed by atoms with Crippen LogP contribution in [0.2, 0.25) is 0 Å². The Morgan fingerprint density at radius 2 is 1.88 bits per heavy atom. The minimum atomic E-state index is 0.359. The van der Waals surface area contributed by atoms with Crippen molar-refractivity contribution >= 4 is 0 Å². The second-order valence-corrected chi connectivity index (χ2v) is 3.24. The largest absolute Gasteiger partial charge is 0.493 e. The van der Waals surface area contributed by atoms with Gasteiger partial charge < -0.3 is 9.47 Å². The molecule has 2 aromatic rings. The molecule has 0 bridgehead atoms. The van der Waals surface area contributed by atoms with Gasteiger partial charge in [-0.2, -0.15) is 5.26 Å². The summed E-state index contributed by atoms with van der Waals surface area (Å²) in [6.07, 6.45) is 1.50. The summed E-state index contributed by atoms with van der Waals surface area (Å²) in [6.45, 7) is 0. The molecule has 1 aromatic heterocycles. The van der Waals surface area contributed by atoms with Crippen molar-refractivity contribution in [2.75, 3.05) is 7.11 Å². The number of hydrogen-bond donors (Lipinski definition) is 0. The normalized spacial score (nSPS) is 9.41. The lowest BCUT2D eigenvalue weighted by Gasteiger charge is -2.09. The second kappa shape index (κ2) is 4.99. The van der Waals surface area contributed by atoms with Gasteiger partial charge in [0.15, 0.2) is 11.5 Å². The van der Waals surface area contributed by atoms with Crippen molar-refractivity contribution in [3.05, 3.63) is 48.3 Å². The first-order valence-corrected chi connectivity index (χ1v) is 5.00. The Hall–Kier alpha value is -2.54. The van der Waals surface area contributed by atoms with Crippen LogP contribution in [0, 0.1) is 11.3 Å². The van der Waals surface area contributed by atoms with Crippen molar-refractivity contribution in [1.29, 1.82) is 5.26 Å². The maximum atomic E-state index is 8.63. The Bertz CT molecular complexity index is 544. The monoisotopic (exact) mass is 226 g/mol. The molecule has 0 N–H and O–H groups in total. The predicted octanol–water partition coefficient (Wildman–Crippen LogP) is 2.75. The minimum absolute atomic E-state index is 0.359. The van der Waals surface area contributed by atoms with E-state index in [2.05, 4.69) is 4.98 Å². The van der Waals surface area contributed by atoms with Gasteiger partial charge in [-0.3, -0.25) is 0 Å². The molecule has 1 aromatic carbocycles. The summed E-state index contributed by atoms with van der Waals surface area (Å²) in [5.74, 6) is 1.83. The highest BCUT2D eigenvalue weighted by Gasteiger charge is 2.04. The van der Waals surface area contributed by atoms with Gasteiger partial charge in [-0.05, 0) is 24.3 Å². The van der Waals surface area contributed by atoms with Gasteiger partial charge >= 0.3 is 0 Å². The lowest BCUT2D eigenvalue weighted by atomic mass is 10.3. The highest BCUT2D eigenvalue weighted by Crippen LogP contribution is 2.30. The van der Waals surface area contributed by atoms with Crippen LogP contribution in [0.1, 0.15) is 5.69 Å². The molecule has 0 radical (unpaired) electrons. The number of nitriles is 1. The average Bonchev–Trinajstić information content (AvgIpc) is 2.40. The number of para-hydroxylation sites is 2. The number of hydrogen-bond acceptors (Lipinski definition) is 4. The first kappa shape index (κ1) is 11.0. The molecule has 0 saturated carbocycles. The molecule has 0 fully saturated rings.